The fourth-order valence-electron chi connectivity index (χ4n) is 3.04. The summed E-state index contributed by atoms with van der Waals surface area (Å²) in [6, 6.07) is 8.30. The molecule has 2 aromatic rings. The summed E-state index contributed by atoms with van der Waals surface area (Å²) in [5.41, 5.74) is 3.08. The number of hydrogen-bond donors (Lipinski definition) is 1. The van der Waals surface area contributed by atoms with Gasteiger partial charge in [0.1, 0.15) is 5.01 Å². The Labute approximate surface area is 159 Å². The van der Waals surface area contributed by atoms with Gasteiger partial charge in [-0.25, -0.2) is 4.98 Å². The molecule has 1 N–H and O–H groups in total. The molecule has 0 spiro atoms. The van der Waals surface area contributed by atoms with Crippen molar-refractivity contribution in [1.82, 2.24) is 15.2 Å². The zero-order valence-electron chi connectivity index (χ0n) is 15.7. The van der Waals surface area contributed by atoms with Gasteiger partial charge < -0.3 is 10.1 Å². The highest BCUT2D eigenvalue weighted by Gasteiger charge is 2.28. The van der Waals surface area contributed by atoms with Crippen LogP contribution in [0, 0.1) is 6.92 Å². The van der Waals surface area contributed by atoms with E-state index < -0.39 is 0 Å². The molecule has 0 saturated carbocycles. The quantitative estimate of drug-likeness (QED) is 0.846. The Morgan fingerprint density at radius 3 is 2.65 bits per heavy atom. The molecule has 2 heterocycles. The number of amides is 1. The first-order valence-corrected chi connectivity index (χ1v) is 9.93. The van der Waals surface area contributed by atoms with E-state index in [1.165, 1.54) is 5.56 Å². The molecule has 0 unspecified atom stereocenters. The zero-order valence-corrected chi connectivity index (χ0v) is 16.6. The number of nitrogens with zero attached hydrogens (tertiary/aromatic N) is 2. The van der Waals surface area contributed by atoms with Crippen molar-refractivity contribution in [2.45, 2.75) is 32.7 Å². The maximum Gasteiger partial charge on any atom is 0.226 e. The van der Waals surface area contributed by atoms with Gasteiger partial charge >= 0.3 is 0 Å². The first-order chi connectivity index (χ1) is 12.4. The maximum absolute atomic E-state index is 12.3. The molecular weight excluding hydrogens is 346 g/mol. The summed E-state index contributed by atoms with van der Waals surface area (Å²) in [6.45, 7) is 10.4. The van der Waals surface area contributed by atoms with Crippen LogP contribution in [0.4, 0.5) is 0 Å². The molecule has 1 aliphatic heterocycles. The third-order valence-electron chi connectivity index (χ3n) is 4.78. The van der Waals surface area contributed by atoms with Gasteiger partial charge in [-0.1, -0.05) is 29.8 Å². The van der Waals surface area contributed by atoms with Crippen molar-refractivity contribution in [3.05, 3.63) is 40.9 Å². The lowest BCUT2D eigenvalue weighted by Crippen LogP contribution is -2.55. The molecule has 1 aromatic heterocycles. The van der Waals surface area contributed by atoms with Gasteiger partial charge in [0.25, 0.3) is 0 Å². The smallest absolute Gasteiger partial charge is 0.226 e. The third-order valence-corrected chi connectivity index (χ3v) is 5.72. The largest absolute Gasteiger partial charge is 0.379 e. The van der Waals surface area contributed by atoms with Crippen LogP contribution < -0.4 is 5.32 Å². The second kappa shape index (κ2) is 8.29. The van der Waals surface area contributed by atoms with Crippen LogP contribution in [-0.2, 0) is 16.0 Å². The standard InChI is InChI=1S/C20H27N3O2S/c1-15-4-6-16(7-5-15)19-22-17(13-26-19)12-18(24)21-14-20(2,3)23-8-10-25-11-9-23/h4-7,13H,8-12,14H2,1-3H3,(H,21,24). The Balaban J connectivity index is 1.52. The molecule has 26 heavy (non-hydrogen) atoms. The number of ether oxygens (including phenoxy) is 1. The predicted molar refractivity (Wildman–Crippen MR) is 105 cm³/mol. The fourth-order valence-corrected chi connectivity index (χ4v) is 3.87. The van der Waals surface area contributed by atoms with E-state index in [2.05, 4.69) is 60.2 Å². The maximum atomic E-state index is 12.3. The van der Waals surface area contributed by atoms with E-state index in [-0.39, 0.29) is 11.4 Å². The number of morpholine rings is 1. The first kappa shape index (κ1) is 19.0. The van der Waals surface area contributed by atoms with Gasteiger partial charge in [-0.2, -0.15) is 0 Å². The molecule has 140 valence electrons. The number of aromatic nitrogens is 1. The highest BCUT2D eigenvalue weighted by atomic mass is 32.1. The second-order valence-electron chi connectivity index (χ2n) is 7.38. The van der Waals surface area contributed by atoms with Gasteiger partial charge in [0.2, 0.25) is 5.91 Å². The number of aryl methyl sites for hydroxylation is 1. The van der Waals surface area contributed by atoms with Crippen LogP contribution in [-0.4, -0.2) is 54.2 Å². The van der Waals surface area contributed by atoms with Crippen LogP contribution in [0.15, 0.2) is 29.6 Å². The lowest BCUT2D eigenvalue weighted by molar-refractivity contribution is -0.121. The van der Waals surface area contributed by atoms with Gasteiger partial charge in [0, 0.05) is 36.1 Å². The van der Waals surface area contributed by atoms with Crippen molar-refractivity contribution >= 4 is 17.2 Å². The van der Waals surface area contributed by atoms with Crippen molar-refractivity contribution in [3.8, 4) is 10.6 Å². The number of benzene rings is 1. The zero-order chi connectivity index (χ0) is 18.6. The number of hydrogen-bond acceptors (Lipinski definition) is 5. The lowest BCUT2D eigenvalue weighted by Gasteiger charge is -2.40. The Bertz CT molecular complexity index is 734. The molecule has 1 fully saturated rings. The normalized spacial score (nSPS) is 15.8. The minimum Gasteiger partial charge on any atom is -0.379 e. The Morgan fingerprint density at radius 1 is 1.27 bits per heavy atom. The predicted octanol–water partition coefficient (Wildman–Crippen LogP) is 2.89. The summed E-state index contributed by atoms with van der Waals surface area (Å²) in [6.07, 6.45) is 0.321. The van der Waals surface area contributed by atoms with E-state index in [1.807, 2.05) is 5.38 Å². The summed E-state index contributed by atoms with van der Waals surface area (Å²) < 4.78 is 5.41. The molecule has 3 rings (SSSR count). The fraction of sp³-hybridized carbons (Fsp3) is 0.500. The topological polar surface area (TPSA) is 54.5 Å². The van der Waals surface area contributed by atoms with E-state index in [4.69, 9.17) is 4.74 Å². The molecule has 1 aliphatic rings. The van der Waals surface area contributed by atoms with Crippen LogP contribution in [0.3, 0.4) is 0 Å². The molecule has 0 bridgehead atoms. The average Bonchev–Trinajstić information content (AvgIpc) is 3.10. The van der Waals surface area contributed by atoms with Gasteiger partial charge in [0.05, 0.1) is 25.3 Å². The van der Waals surface area contributed by atoms with E-state index in [9.17, 15) is 4.79 Å². The van der Waals surface area contributed by atoms with Crippen LogP contribution in [0.1, 0.15) is 25.1 Å². The van der Waals surface area contributed by atoms with Crippen molar-refractivity contribution in [1.29, 1.82) is 0 Å². The van der Waals surface area contributed by atoms with E-state index in [0.717, 1.165) is 42.6 Å². The highest BCUT2D eigenvalue weighted by Crippen LogP contribution is 2.24. The molecule has 1 saturated heterocycles. The summed E-state index contributed by atoms with van der Waals surface area (Å²) in [5, 5.41) is 6.00. The minimum absolute atomic E-state index is 0.0205. The monoisotopic (exact) mass is 373 g/mol. The van der Waals surface area contributed by atoms with Crippen molar-refractivity contribution in [3.63, 3.8) is 0 Å². The molecule has 0 atom stereocenters. The number of rotatable bonds is 6. The summed E-state index contributed by atoms with van der Waals surface area (Å²) in [7, 11) is 0. The summed E-state index contributed by atoms with van der Waals surface area (Å²) in [5.74, 6) is 0.0205. The first-order valence-electron chi connectivity index (χ1n) is 9.05. The Kier molecular flexibility index (Phi) is 6.06. The third kappa shape index (κ3) is 4.90. The lowest BCUT2D eigenvalue weighted by atomic mass is 10.0. The molecular formula is C20H27N3O2S. The van der Waals surface area contributed by atoms with Crippen LogP contribution in [0.5, 0.6) is 0 Å². The SMILES string of the molecule is Cc1ccc(-c2nc(CC(=O)NCC(C)(C)N3CCOCC3)cs2)cc1. The van der Waals surface area contributed by atoms with Crippen molar-refractivity contribution in [2.24, 2.45) is 0 Å². The van der Waals surface area contributed by atoms with Crippen molar-refractivity contribution in [2.75, 3.05) is 32.8 Å². The van der Waals surface area contributed by atoms with Gasteiger partial charge in [-0.05, 0) is 20.8 Å². The Morgan fingerprint density at radius 2 is 1.96 bits per heavy atom. The minimum atomic E-state index is -0.0748. The molecule has 1 aromatic carbocycles. The molecule has 0 radical (unpaired) electrons. The molecule has 5 nitrogen and oxygen atoms in total. The second-order valence-corrected chi connectivity index (χ2v) is 8.23. The summed E-state index contributed by atoms with van der Waals surface area (Å²) in [4.78, 5) is 19.3. The van der Waals surface area contributed by atoms with Gasteiger partial charge in [-0.15, -0.1) is 11.3 Å². The molecule has 1 amide bonds. The number of nitrogens with one attached hydrogen (secondary N) is 1. The van der Waals surface area contributed by atoms with Crippen LogP contribution >= 0.6 is 11.3 Å². The summed E-state index contributed by atoms with van der Waals surface area (Å²) >= 11 is 1.58. The Hall–Kier alpha value is -1.76. The van der Waals surface area contributed by atoms with Crippen molar-refractivity contribution < 1.29 is 9.53 Å². The van der Waals surface area contributed by atoms with Gasteiger partial charge in [-0.3, -0.25) is 9.69 Å². The number of carbonyl (C=O) groups excluding carboxylic acids is 1. The van der Waals surface area contributed by atoms with E-state index in [0.29, 0.717) is 13.0 Å². The molecule has 0 aliphatic carbocycles. The highest BCUT2D eigenvalue weighted by molar-refractivity contribution is 7.13. The average molecular weight is 374 g/mol. The van der Waals surface area contributed by atoms with Gasteiger partial charge in [0.15, 0.2) is 0 Å². The molecule has 6 heteroatoms. The van der Waals surface area contributed by atoms with Crippen LogP contribution in [0.25, 0.3) is 10.6 Å². The number of thiazole rings is 1. The van der Waals surface area contributed by atoms with E-state index >= 15 is 0 Å². The van der Waals surface area contributed by atoms with E-state index in [1.54, 1.807) is 11.3 Å². The number of carbonyl (C=O) groups is 1. The van der Waals surface area contributed by atoms with Crippen LogP contribution in [0.2, 0.25) is 0 Å².